The van der Waals surface area contributed by atoms with E-state index in [9.17, 15) is 10.2 Å². The Morgan fingerprint density at radius 3 is 2.17 bits per heavy atom. The van der Waals surface area contributed by atoms with E-state index in [0.29, 0.717) is 0 Å². The molecule has 2 N–H and O–H groups in total. The van der Waals surface area contributed by atoms with Gasteiger partial charge in [0.1, 0.15) is 0 Å². The van der Waals surface area contributed by atoms with Gasteiger partial charge in [0.25, 0.3) is 0 Å². The van der Waals surface area contributed by atoms with Crippen LogP contribution in [0, 0.1) is 5.41 Å². The summed E-state index contributed by atoms with van der Waals surface area (Å²) < 4.78 is 0. The lowest BCUT2D eigenvalue weighted by Gasteiger charge is -2.32. The second-order valence-electron chi connectivity index (χ2n) is 7.27. The van der Waals surface area contributed by atoms with Crippen molar-refractivity contribution in [1.29, 1.82) is 0 Å². The summed E-state index contributed by atoms with van der Waals surface area (Å²) in [6.07, 6.45) is 10.6. The predicted octanol–water partition coefficient (Wildman–Crippen LogP) is 4.04. The fraction of sp³-hybridized carbons (Fsp3) is 1.00. The van der Waals surface area contributed by atoms with Crippen LogP contribution in [0.2, 0.25) is 0 Å². The Morgan fingerprint density at radius 2 is 1.61 bits per heavy atom. The van der Waals surface area contributed by atoms with Crippen LogP contribution in [0.3, 0.4) is 0 Å². The normalized spacial score (nSPS) is 21.8. The molecule has 0 aromatic carbocycles. The average Bonchev–Trinajstić information content (AvgIpc) is 2.28. The lowest BCUT2D eigenvalue weighted by molar-refractivity contribution is -0.00637. The Morgan fingerprint density at radius 1 is 1.00 bits per heavy atom. The van der Waals surface area contributed by atoms with Gasteiger partial charge in [-0.15, -0.1) is 0 Å². The molecule has 1 unspecified atom stereocenters. The van der Waals surface area contributed by atoms with Crippen molar-refractivity contribution in [1.82, 2.24) is 0 Å². The van der Waals surface area contributed by atoms with E-state index in [0.717, 1.165) is 44.9 Å². The van der Waals surface area contributed by atoms with Crippen molar-refractivity contribution < 1.29 is 10.2 Å². The lowest BCUT2D eigenvalue weighted by atomic mass is 9.81. The highest BCUT2D eigenvalue weighted by atomic mass is 16.3. The molecule has 1 aliphatic rings. The first-order valence-corrected chi connectivity index (χ1v) is 7.74. The Kier molecular flexibility index (Phi) is 6.13. The number of aliphatic hydroxyl groups excluding tert-OH is 1. The largest absolute Gasteiger partial charge is 0.393 e. The van der Waals surface area contributed by atoms with Gasteiger partial charge < -0.3 is 10.2 Å². The van der Waals surface area contributed by atoms with Gasteiger partial charge in [-0.2, -0.15) is 0 Å². The summed E-state index contributed by atoms with van der Waals surface area (Å²) in [7, 11) is 0. The molecule has 18 heavy (non-hydrogen) atoms. The molecule has 0 aliphatic heterocycles. The van der Waals surface area contributed by atoms with Gasteiger partial charge in [-0.1, -0.05) is 59.3 Å². The van der Waals surface area contributed by atoms with Crippen molar-refractivity contribution in [3.8, 4) is 0 Å². The fourth-order valence-corrected chi connectivity index (χ4v) is 2.86. The molecule has 1 saturated carbocycles. The Labute approximate surface area is 113 Å². The third kappa shape index (κ3) is 5.71. The topological polar surface area (TPSA) is 40.5 Å². The molecule has 0 aromatic heterocycles. The summed E-state index contributed by atoms with van der Waals surface area (Å²) in [5.74, 6) is 0. The molecule has 1 aliphatic carbocycles. The number of aliphatic hydroxyl groups is 2. The van der Waals surface area contributed by atoms with Crippen LogP contribution in [0.4, 0.5) is 0 Å². The summed E-state index contributed by atoms with van der Waals surface area (Å²) >= 11 is 0. The first-order chi connectivity index (χ1) is 8.33. The molecule has 0 bridgehead atoms. The van der Waals surface area contributed by atoms with Gasteiger partial charge in [0.2, 0.25) is 0 Å². The van der Waals surface area contributed by atoms with E-state index in [1.54, 1.807) is 0 Å². The minimum absolute atomic E-state index is 0.00156. The van der Waals surface area contributed by atoms with E-state index in [2.05, 4.69) is 20.8 Å². The molecule has 2 heteroatoms. The van der Waals surface area contributed by atoms with Crippen LogP contribution in [0.25, 0.3) is 0 Å². The van der Waals surface area contributed by atoms with Crippen molar-refractivity contribution in [3.63, 3.8) is 0 Å². The Bertz CT molecular complexity index is 224. The van der Waals surface area contributed by atoms with Crippen LogP contribution < -0.4 is 0 Å². The van der Waals surface area contributed by atoms with Gasteiger partial charge in [-0.3, -0.25) is 0 Å². The summed E-state index contributed by atoms with van der Waals surface area (Å²) in [4.78, 5) is 0. The monoisotopic (exact) mass is 256 g/mol. The number of hydrogen-bond donors (Lipinski definition) is 2. The maximum absolute atomic E-state index is 10.4. The third-order valence-electron chi connectivity index (χ3n) is 4.40. The molecule has 0 aromatic rings. The van der Waals surface area contributed by atoms with Crippen LogP contribution in [0.5, 0.6) is 0 Å². The first-order valence-electron chi connectivity index (χ1n) is 7.74. The maximum atomic E-state index is 10.4. The van der Waals surface area contributed by atoms with E-state index >= 15 is 0 Å². The molecule has 1 fully saturated rings. The quantitative estimate of drug-likeness (QED) is 0.704. The maximum Gasteiger partial charge on any atom is 0.0647 e. The van der Waals surface area contributed by atoms with E-state index in [1.807, 2.05) is 0 Å². The summed E-state index contributed by atoms with van der Waals surface area (Å²) in [6.45, 7) is 6.26. The fourth-order valence-electron chi connectivity index (χ4n) is 2.86. The zero-order valence-electron chi connectivity index (χ0n) is 12.5. The molecule has 0 radical (unpaired) electrons. The Hall–Kier alpha value is -0.0800. The third-order valence-corrected chi connectivity index (χ3v) is 4.40. The molecule has 0 amide bonds. The Balaban J connectivity index is 2.08. The summed E-state index contributed by atoms with van der Waals surface area (Å²) in [5.41, 5.74) is -0.359. The molecular formula is C16H32O2. The molecule has 108 valence electrons. The van der Waals surface area contributed by atoms with Crippen LogP contribution in [0.1, 0.15) is 85.0 Å². The van der Waals surface area contributed by atoms with Crippen molar-refractivity contribution in [2.45, 2.75) is 96.7 Å². The van der Waals surface area contributed by atoms with Crippen molar-refractivity contribution in [2.24, 2.45) is 5.41 Å². The van der Waals surface area contributed by atoms with Crippen LogP contribution in [-0.2, 0) is 0 Å². The highest BCUT2D eigenvalue weighted by molar-refractivity contribution is 4.82. The number of hydrogen-bond acceptors (Lipinski definition) is 2. The minimum atomic E-state index is -0.360. The highest BCUT2D eigenvalue weighted by Crippen LogP contribution is 2.32. The predicted molar refractivity (Wildman–Crippen MR) is 76.6 cm³/mol. The second-order valence-corrected chi connectivity index (χ2v) is 7.27. The van der Waals surface area contributed by atoms with E-state index in [1.165, 1.54) is 19.3 Å². The smallest absolute Gasteiger partial charge is 0.0647 e. The zero-order chi connectivity index (χ0) is 13.6. The van der Waals surface area contributed by atoms with Gasteiger partial charge >= 0.3 is 0 Å². The van der Waals surface area contributed by atoms with Crippen molar-refractivity contribution in [2.75, 3.05) is 0 Å². The summed E-state index contributed by atoms with van der Waals surface area (Å²) in [5, 5.41) is 20.3. The van der Waals surface area contributed by atoms with Gasteiger partial charge in [0.05, 0.1) is 11.7 Å². The molecule has 1 rings (SSSR count). The molecular weight excluding hydrogens is 224 g/mol. The molecule has 1 atom stereocenters. The van der Waals surface area contributed by atoms with Crippen LogP contribution in [0.15, 0.2) is 0 Å². The number of rotatable bonds is 6. The van der Waals surface area contributed by atoms with Gasteiger partial charge in [-0.25, -0.2) is 0 Å². The van der Waals surface area contributed by atoms with Gasteiger partial charge in [0.15, 0.2) is 0 Å². The molecule has 2 nitrogen and oxygen atoms in total. The van der Waals surface area contributed by atoms with E-state index < -0.39 is 0 Å². The molecule has 0 heterocycles. The van der Waals surface area contributed by atoms with Crippen LogP contribution >= 0.6 is 0 Å². The van der Waals surface area contributed by atoms with Gasteiger partial charge in [0, 0.05) is 0 Å². The SMILES string of the molecule is CC(C)(C)C(O)CCCCCC1(O)CCCCC1. The lowest BCUT2D eigenvalue weighted by Crippen LogP contribution is -2.31. The standard InChI is InChI=1S/C16H32O2/c1-15(2,3)14(17)10-6-4-7-11-16(18)12-8-5-9-13-16/h14,17-18H,4-13H2,1-3H3. The van der Waals surface area contributed by atoms with Crippen molar-refractivity contribution >= 4 is 0 Å². The summed E-state index contributed by atoms with van der Waals surface area (Å²) in [6, 6.07) is 0. The molecule has 0 spiro atoms. The average molecular weight is 256 g/mol. The van der Waals surface area contributed by atoms with Gasteiger partial charge in [-0.05, 0) is 31.1 Å². The highest BCUT2D eigenvalue weighted by Gasteiger charge is 2.28. The van der Waals surface area contributed by atoms with Crippen molar-refractivity contribution in [3.05, 3.63) is 0 Å². The van der Waals surface area contributed by atoms with E-state index in [-0.39, 0.29) is 17.1 Å². The molecule has 0 saturated heterocycles. The van der Waals surface area contributed by atoms with E-state index in [4.69, 9.17) is 0 Å². The number of unbranched alkanes of at least 4 members (excludes halogenated alkanes) is 2. The van der Waals surface area contributed by atoms with Crippen LogP contribution in [-0.4, -0.2) is 21.9 Å². The second kappa shape index (κ2) is 6.91. The minimum Gasteiger partial charge on any atom is -0.393 e. The first kappa shape index (κ1) is 16.0. The zero-order valence-corrected chi connectivity index (χ0v) is 12.5.